The molecule has 1 atom stereocenters. The van der Waals surface area contributed by atoms with E-state index in [2.05, 4.69) is 20.8 Å². The van der Waals surface area contributed by atoms with Crippen LogP contribution in [-0.4, -0.2) is 11.9 Å². The molecule has 0 aromatic heterocycles. The van der Waals surface area contributed by atoms with Crippen molar-refractivity contribution >= 4 is 5.78 Å². The molecule has 0 heterocycles. The Morgan fingerprint density at radius 1 is 1.19 bits per heavy atom. The summed E-state index contributed by atoms with van der Waals surface area (Å²) in [7, 11) is 0. The Morgan fingerprint density at radius 3 is 2.43 bits per heavy atom. The highest BCUT2D eigenvalue weighted by Crippen LogP contribution is 2.24. The number of Topliss-reactive ketones (excluding diaryl/α,β-unsaturated/α-hetero) is 1. The van der Waals surface area contributed by atoms with Gasteiger partial charge in [-0.3, -0.25) is 4.79 Å². The van der Waals surface area contributed by atoms with Crippen molar-refractivity contribution in [1.29, 1.82) is 0 Å². The highest BCUT2D eigenvalue weighted by atomic mass is 16.5. The number of ether oxygens (including phenoxy) is 1. The maximum absolute atomic E-state index is 12.3. The molecule has 0 aliphatic rings. The first-order valence-corrected chi connectivity index (χ1v) is 8.37. The van der Waals surface area contributed by atoms with Gasteiger partial charge < -0.3 is 4.74 Å². The van der Waals surface area contributed by atoms with Crippen molar-refractivity contribution in [1.82, 2.24) is 0 Å². The third kappa shape index (κ3) is 5.18. The van der Waals surface area contributed by atoms with Crippen molar-refractivity contribution in [3.05, 3.63) is 29.3 Å². The van der Waals surface area contributed by atoms with Crippen LogP contribution in [0.25, 0.3) is 0 Å². The molecule has 1 aromatic rings. The maximum atomic E-state index is 12.3. The van der Waals surface area contributed by atoms with Crippen LogP contribution in [0.2, 0.25) is 0 Å². The fourth-order valence-electron chi connectivity index (χ4n) is 2.45. The van der Waals surface area contributed by atoms with Gasteiger partial charge in [0.1, 0.15) is 5.75 Å². The molecule has 2 heteroatoms. The van der Waals surface area contributed by atoms with Gasteiger partial charge in [0.15, 0.2) is 5.78 Å². The molecule has 0 amide bonds. The van der Waals surface area contributed by atoms with Gasteiger partial charge in [0.25, 0.3) is 0 Å². The van der Waals surface area contributed by atoms with Gasteiger partial charge in [-0.25, -0.2) is 0 Å². The van der Waals surface area contributed by atoms with Gasteiger partial charge in [0.05, 0.1) is 6.10 Å². The van der Waals surface area contributed by atoms with E-state index in [1.165, 1.54) is 12.8 Å². The number of ketones is 1. The lowest BCUT2D eigenvalue weighted by molar-refractivity contribution is 0.0937. The second-order valence-corrected chi connectivity index (χ2v) is 5.98. The standard InChI is InChI=1S/C19H30O2/c1-6-9-10-16(8-3)21-17-12-11-15(7-2)18(13-17)19(20)14(4)5/h11-14,16H,6-10H2,1-5H3. The number of aryl methyl sites for hydroxylation is 1. The fraction of sp³-hybridized carbons (Fsp3) is 0.632. The third-order valence-electron chi connectivity index (χ3n) is 3.89. The lowest BCUT2D eigenvalue weighted by atomic mass is 9.95. The molecule has 0 aliphatic carbocycles. The van der Waals surface area contributed by atoms with E-state index in [1.807, 2.05) is 32.0 Å². The zero-order chi connectivity index (χ0) is 15.8. The molecular weight excluding hydrogens is 260 g/mol. The molecule has 0 saturated carbocycles. The zero-order valence-electron chi connectivity index (χ0n) is 14.2. The van der Waals surface area contributed by atoms with E-state index in [4.69, 9.17) is 4.74 Å². The Hall–Kier alpha value is -1.31. The summed E-state index contributed by atoms with van der Waals surface area (Å²) in [6.07, 6.45) is 5.58. The molecule has 0 aliphatic heterocycles. The highest BCUT2D eigenvalue weighted by molar-refractivity contribution is 5.99. The summed E-state index contributed by atoms with van der Waals surface area (Å²) in [6, 6.07) is 5.98. The van der Waals surface area contributed by atoms with Crippen LogP contribution >= 0.6 is 0 Å². The number of hydrogen-bond donors (Lipinski definition) is 0. The fourth-order valence-corrected chi connectivity index (χ4v) is 2.45. The summed E-state index contributed by atoms with van der Waals surface area (Å²) < 4.78 is 6.08. The number of carbonyl (C=O) groups is 1. The third-order valence-corrected chi connectivity index (χ3v) is 3.89. The number of unbranched alkanes of at least 4 members (excludes halogenated alkanes) is 1. The second kappa shape index (κ2) is 8.86. The minimum atomic E-state index is 0.0209. The van der Waals surface area contributed by atoms with Gasteiger partial charge in [-0.2, -0.15) is 0 Å². The average Bonchev–Trinajstić information content (AvgIpc) is 2.50. The van der Waals surface area contributed by atoms with Gasteiger partial charge >= 0.3 is 0 Å². The first kappa shape index (κ1) is 17.7. The van der Waals surface area contributed by atoms with Gasteiger partial charge in [-0.05, 0) is 37.0 Å². The number of carbonyl (C=O) groups excluding carboxylic acids is 1. The van der Waals surface area contributed by atoms with E-state index in [9.17, 15) is 4.79 Å². The van der Waals surface area contributed by atoms with Gasteiger partial charge in [0, 0.05) is 11.5 Å². The lowest BCUT2D eigenvalue weighted by Crippen LogP contribution is -2.16. The molecular formula is C19H30O2. The van der Waals surface area contributed by atoms with E-state index in [1.54, 1.807) is 0 Å². The average molecular weight is 290 g/mol. The SMILES string of the molecule is CCCCC(CC)Oc1ccc(CC)c(C(=O)C(C)C)c1. The number of benzene rings is 1. The topological polar surface area (TPSA) is 26.3 Å². The molecule has 0 fully saturated rings. The molecule has 0 spiro atoms. The Bertz CT molecular complexity index is 449. The Morgan fingerprint density at radius 2 is 1.90 bits per heavy atom. The molecule has 0 N–H and O–H groups in total. The van der Waals surface area contributed by atoms with Crippen molar-refractivity contribution in [2.24, 2.45) is 5.92 Å². The molecule has 1 rings (SSSR count). The van der Waals surface area contributed by atoms with Crippen LogP contribution in [0.5, 0.6) is 5.75 Å². The summed E-state index contributed by atoms with van der Waals surface area (Å²) in [5, 5.41) is 0. The van der Waals surface area contributed by atoms with E-state index >= 15 is 0 Å². The normalized spacial score (nSPS) is 12.5. The van der Waals surface area contributed by atoms with Crippen LogP contribution in [0, 0.1) is 5.92 Å². The van der Waals surface area contributed by atoms with E-state index < -0.39 is 0 Å². The molecule has 1 aromatic carbocycles. The Balaban J connectivity index is 2.93. The Labute approximate surface area is 129 Å². The first-order valence-electron chi connectivity index (χ1n) is 8.37. The zero-order valence-corrected chi connectivity index (χ0v) is 14.2. The van der Waals surface area contributed by atoms with Crippen LogP contribution in [0.15, 0.2) is 18.2 Å². The predicted octanol–water partition coefficient (Wildman–Crippen LogP) is 5.44. The minimum Gasteiger partial charge on any atom is -0.490 e. The number of hydrogen-bond acceptors (Lipinski definition) is 2. The predicted molar refractivity (Wildman–Crippen MR) is 89.2 cm³/mol. The van der Waals surface area contributed by atoms with Crippen molar-refractivity contribution in [2.45, 2.75) is 72.8 Å². The van der Waals surface area contributed by atoms with Crippen molar-refractivity contribution in [2.75, 3.05) is 0 Å². The molecule has 0 radical (unpaired) electrons. The molecule has 118 valence electrons. The summed E-state index contributed by atoms with van der Waals surface area (Å²) in [5.41, 5.74) is 1.94. The number of rotatable bonds is 9. The van der Waals surface area contributed by atoms with Gasteiger partial charge in [-0.1, -0.05) is 53.5 Å². The van der Waals surface area contributed by atoms with Crippen LogP contribution in [0.1, 0.15) is 76.2 Å². The van der Waals surface area contributed by atoms with Crippen molar-refractivity contribution in [3.8, 4) is 5.75 Å². The van der Waals surface area contributed by atoms with Crippen molar-refractivity contribution in [3.63, 3.8) is 0 Å². The van der Waals surface area contributed by atoms with Crippen LogP contribution in [0.3, 0.4) is 0 Å². The summed E-state index contributed by atoms with van der Waals surface area (Å²) in [4.78, 5) is 12.3. The van der Waals surface area contributed by atoms with Gasteiger partial charge in [-0.15, -0.1) is 0 Å². The monoisotopic (exact) mass is 290 g/mol. The Kier molecular flexibility index (Phi) is 7.49. The van der Waals surface area contributed by atoms with Crippen LogP contribution < -0.4 is 4.74 Å². The second-order valence-electron chi connectivity index (χ2n) is 5.98. The molecule has 2 nitrogen and oxygen atoms in total. The van der Waals surface area contributed by atoms with Crippen molar-refractivity contribution < 1.29 is 9.53 Å². The van der Waals surface area contributed by atoms with E-state index in [0.717, 1.165) is 36.1 Å². The summed E-state index contributed by atoms with van der Waals surface area (Å²) >= 11 is 0. The summed E-state index contributed by atoms with van der Waals surface area (Å²) in [6.45, 7) is 10.3. The molecule has 21 heavy (non-hydrogen) atoms. The highest BCUT2D eigenvalue weighted by Gasteiger charge is 2.16. The molecule has 0 bridgehead atoms. The van der Waals surface area contributed by atoms with E-state index in [-0.39, 0.29) is 17.8 Å². The summed E-state index contributed by atoms with van der Waals surface area (Å²) in [5.74, 6) is 1.06. The van der Waals surface area contributed by atoms with Crippen LogP contribution in [-0.2, 0) is 6.42 Å². The lowest BCUT2D eigenvalue weighted by Gasteiger charge is -2.19. The molecule has 1 unspecified atom stereocenters. The minimum absolute atomic E-state index is 0.0209. The smallest absolute Gasteiger partial charge is 0.165 e. The van der Waals surface area contributed by atoms with Gasteiger partial charge in [0.2, 0.25) is 0 Å². The quantitative estimate of drug-likeness (QED) is 0.566. The largest absolute Gasteiger partial charge is 0.490 e. The molecule has 0 saturated heterocycles. The maximum Gasteiger partial charge on any atom is 0.165 e. The van der Waals surface area contributed by atoms with Crippen LogP contribution in [0.4, 0.5) is 0 Å². The van der Waals surface area contributed by atoms with E-state index in [0.29, 0.717) is 0 Å². The first-order chi connectivity index (χ1) is 10.0.